The van der Waals surface area contributed by atoms with Gasteiger partial charge in [0.2, 0.25) is 0 Å². The van der Waals surface area contributed by atoms with Crippen molar-refractivity contribution in [3.05, 3.63) is 70.2 Å². The molecule has 0 saturated carbocycles. The number of carbonyl (C=O) groups excluding carboxylic acids is 1. The fraction of sp³-hybridized carbons (Fsp3) is 0.208. The zero-order chi connectivity index (χ0) is 22.5. The first kappa shape index (κ1) is 22.0. The predicted molar refractivity (Wildman–Crippen MR) is 126 cm³/mol. The van der Waals surface area contributed by atoms with Gasteiger partial charge in [0.1, 0.15) is 16.6 Å². The van der Waals surface area contributed by atoms with Crippen LogP contribution in [0.4, 0.5) is 0 Å². The summed E-state index contributed by atoms with van der Waals surface area (Å²) < 4.78 is 16.0. The van der Waals surface area contributed by atoms with Crippen molar-refractivity contribution in [2.45, 2.75) is 20.0 Å². The molecule has 0 bridgehead atoms. The number of nitrogens with zero attached hydrogens (tertiary/aromatic N) is 2. The number of aromatic nitrogens is 2. The number of hydrogen-bond donors (Lipinski definition) is 0. The fourth-order valence-electron chi connectivity index (χ4n) is 3.05. The predicted octanol–water partition coefficient (Wildman–Crippen LogP) is 5.55. The molecule has 32 heavy (non-hydrogen) atoms. The number of hydrogen-bond acceptors (Lipinski definition) is 8. The average molecular weight is 467 g/mol. The van der Waals surface area contributed by atoms with Crippen molar-refractivity contribution in [3.63, 3.8) is 0 Å². The van der Waals surface area contributed by atoms with Crippen LogP contribution < -0.4 is 9.47 Å². The van der Waals surface area contributed by atoms with Crippen LogP contribution in [0.25, 0.3) is 21.1 Å². The lowest BCUT2D eigenvalue weighted by atomic mass is 10.2. The molecule has 0 fully saturated rings. The first-order chi connectivity index (χ1) is 15.6. The quantitative estimate of drug-likeness (QED) is 0.317. The summed E-state index contributed by atoms with van der Waals surface area (Å²) in [4.78, 5) is 21.4. The fourth-order valence-corrected chi connectivity index (χ4v) is 4.67. The van der Waals surface area contributed by atoms with E-state index in [2.05, 4.69) is 29.0 Å². The second kappa shape index (κ2) is 9.93. The number of carbonyl (C=O) groups is 1. The topological polar surface area (TPSA) is 70.5 Å². The van der Waals surface area contributed by atoms with Crippen LogP contribution >= 0.6 is 22.7 Å². The van der Waals surface area contributed by atoms with E-state index in [9.17, 15) is 4.79 Å². The Morgan fingerprint density at radius 3 is 2.19 bits per heavy atom. The Balaban J connectivity index is 1.34. The monoisotopic (exact) mass is 466 g/mol. The zero-order valence-corrected chi connectivity index (χ0v) is 19.6. The molecule has 0 aliphatic heterocycles. The van der Waals surface area contributed by atoms with Crippen LogP contribution in [-0.2, 0) is 22.6 Å². The second-order valence-electron chi connectivity index (χ2n) is 7.06. The summed E-state index contributed by atoms with van der Waals surface area (Å²) in [7, 11) is 3.19. The third-order valence-electron chi connectivity index (χ3n) is 4.74. The van der Waals surface area contributed by atoms with Gasteiger partial charge in [-0.05, 0) is 25.1 Å². The maximum atomic E-state index is 12.3. The lowest BCUT2D eigenvalue weighted by Gasteiger charge is -2.08. The highest BCUT2D eigenvalue weighted by Crippen LogP contribution is 2.33. The van der Waals surface area contributed by atoms with Crippen molar-refractivity contribution in [2.24, 2.45) is 0 Å². The Hall–Kier alpha value is -3.23. The van der Waals surface area contributed by atoms with Crippen LogP contribution in [0.15, 0.2) is 53.2 Å². The Morgan fingerprint density at radius 2 is 1.47 bits per heavy atom. The maximum Gasteiger partial charge on any atom is 0.312 e. The van der Waals surface area contributed by atoms with E-state index in [1.807, 2.05) is 41.1 Å². The lowest BCUT2D eigenvalue weighted by molar-refractivity contribution is -0.144. The van der Waals surface area contributed by atoms with Crippen molar-refractivity contribution in [1.29, 1.82) is 0 Å². The summed E-state index contributed by atoms with van der Waals surface area (Å²) in [5.74, 6) is 0.956. The van der Waals surface area contributed by atoms with Crippen molar-refractivity contribution in [3.8, 4) is 32.6 Å². The third kappa shape index (κ3) is 5.15. The molecule has 2 aromatic heterocycles. The summed E-state index contributed by atoms with van der Waals surface area (Å²) in [5, 5.41) is 5.50. The van der Waals surface area contributed by atoms with Gasteiger partial charge in [-0.1, -0.05) is 29.8 Å². The molecular formula is C24H22N2O4S2. The lowest BCUT2D eigenvalue weighted by Crippen LogP contribution is -2.08. The first-order valence-corrected chi connectivity index (χ1v) is 11.7. The van der Waals surface area contributed by atoms with Gasteiger partial charge in [0.15, 0.2) is 11.5 Å². The SMILES string of the molecule is COc1ccc(-c2nc(CC(=O)OCc3csc(-c4ccc(C)cc4)n3)cs2)cc1OC. The van der Waals surface area contributed by atoms with Gasteiger partial charge in [-0.3, -0.25) is 4.79 Å². The molecule has 0 aliphatic carbocycles. The van der Waals surface area contributed by atoms with Crippen LogP contribution in [0.2, 0.25) is 0 Å². The summed E-state index contributed by atoms with van der Waals surface area (Å²) in [6, 6.07) is 13.8. The molecule has 2 heterocycles. The summed E-state index contributed by atoms with van der Waals surface area (Å²) in [5.41, 5.74) is 4.57. The van der Waals surface area contributed by atoms with Gasteiger partial charge >= 0.3 is 5.97 Å². The third-order valence-corrected chi connectivity index (χ3v) is 6.62. The Morgan fingerprint density at radius 1 is 0.844 bits per heavy atom. The summed E-state index contributed by atoms with van der Waals surface area (Å²) in [6.07, 6.45) is 0.110. The molecule has 0 spiro atoms. The number of thiazole rings is 2. The van der Waals surface area contributed by atoms with E-state index in [0.29, 0.717) is 17.2 Å². The standard InChI is InChI=1S/C24H22N2O4S2/c1-15-4-6-16(7-5-15)23-26-19(14-32-23)12-30-22(27)11-18-13-31-24(25-18)17-8-9-20(28-2)21(10-17)29-3/h4-10,13-14H,11-12H2,1-3H3. The largest absolute Gasteiger partial charge is 0.493 e. The molecule has 4 aromatic rings. The van der Waals surface area contributed by atoms with E-state index in [4.69, 9.17) is 14.2 Å². The van der Waals surface area contributed by atoms with Gasteiger partial charge in [-0.2, -0.15) is 0 Å². The van der Waals surface area contributed by atoms with Crippen LogP contribution in [0.1, 0.15) is 17.0 Å². The molecule has 4 rings (SSSR count). The first-order valence-electron chi connectivity index (χ1n) is 9.89. The molecule has 0 aliphatic rings. The van der Waals surface area contributed by atoms with Gasteiger partial charge in [0.05, 0.1) is 32.0 Å². The zero-order valence-electron chi connectivity index (χ0n) is 18.0. The van der Waals surface area contributed by atoms with E-state index < -0.39 is 0 Å². The Labute approximate surface area is 194 Å². The van der Waals surface area contributed by atoms with Gasteiger partial charge in [-0.15, -0.1) is 22.7 Å². The van der Waals surface area contributed by atoms with Crippen molar-refractivity contribution < 1.29 is 19.0 Å². The summed E-state index contributed by atoms with van der Waals surface area (Å²) >= 11 is 3.01. The van der Waals surface area contributed by atoms with Gasteiger partial charge in [0, 0.05) is 21.9 Å². The Kier molecular flexibility index (Phi) is 6.82. The minimum absolute atomic E-state index is 0.110. The van der Waals surface area contributed by atoms with Crippen LogP contribution in [0, 0.1) is 6.92 Å². The number of ether oxygens (including phenoxy) is 3. The van der Waals surface area contributed by atoms with Gasteiger partial charge in [0.25, 0.3) is 0 Å². The van der Waals surface area contributed by atoms with E-state index in [0.717, 1.165) is 26.8 Å². The molecule has 6 nitrogen and oxygen atoms in total. The second-order valence-corrected chi connectivity index (χ2v) is 8.78. The molecule has 0 radical (unpaired) electrons. The number of aryl methyl sites for hydroxylation is 1. The minimum atomic E-state index is -0.334. The van der Waals surface area contributed by atoms with Crippen LogP contribution in [0.3, 0.4) is 0 Å². The number of rotatable bonds is 8. The van der Waals surface area contributed by atoms with Crippen molar-refractivity contribution in [2.75, 3.05) is 14.2 Å². The number of methoxy groups -OCH3 is 2. The highest BCUT2D eigenvalue weighted by atomic mass is 32.1. The maximum absolute atomic E-state index is 12.3. The smallest absolute Gasteiger partial charge is 0.312 e. The molecule has 0 saturated heterocycles. The Bertz CT molecular complexity index is 1210. The van der Waals surface area contributed by atoms with Gasteiger partial charge < -0.3 is 14.2 Å². The normalized spacial score (nSPS) is 10.7. The van der Waals surface area contributed by atoms with Crippen molar-refractivity contribution in [1.82, 2.24) is 9.97 Å². The number of benzene rings is 2. The molecular weight excluding hydrogens is 444 g/mol. The molecule has 0 amide bonds. The minimum Gasteiger partial charge on any atom is -0.493 e. The molecule has 2 aromatic carbocycles. The van der Waals surface area contributed by atoms with E-state index >= 15 is 0 Å². The molecule has 0 N–H and O–H groups in total. The molecule has 8 heteroatoms. The molecule has 0 atom stereocenters. The molecule has 0 unspecified atom stereocenters. The summed E-state index contributed by atoms with van der Waals surface area (Å²) in [6.45, 7) is 2.20. The van der Waals surface area contributed by atoms with Crippen LogP contribution in [-0.4, -0.2) is 30.2 Å². The molecule has 164 valence electrons. The van der Waals surface area contributed by atoms with Crippen LogP contribution in [0.5, 0.6) is 11.5 Å². The highest BCUT2D eigenvalue weighted by molar-refractivity contribution is 7.13. The van der Waals surface area contributed by atoms with Gasteiger partial charge in [-0.25, -0.2) is 9.97 Å². The van der Waals surface area contributed by atoms with Crippen molar-refractivity contribution >= 4 is 28.6 Å². The highest BCUT2D eigenvalue weighted by Gasteiger charge is 2.13. The average Bonchev–Trinajstić information content (AvgIpc) is 3.47. The van der Waals surface area contributed by atoms with E-state index in [1.165, 1.54) is 28.2 Å². The van der Waals surface area contributed by atoms with E-state index in [1.54, 1.807) is 14.2 Å². The van der Waals surface area contributed by atoms with E-state index in [-0.39, 0.29) is 19.0 Å². The number of esters is 1.